The smallest absolute Gasteiger partial charge is 0.0369 e. The maximum Gasteiger partial charge on any atom is 0.0369 e. The van der Waals surface area contributed by atoms with Crippen LogP contribution in [0, 0.1) is 5.92 Å². The first kappa shape index (κ1) is 9.26. The van der Waals surface area contributed by atoms with Gasteiger partial charge in [0.05, 0.1) is 0 Å². The quantitative estimate of drug-likeness (QED) is 0.708. The minimum absolute atomic E-state index is 0.854. The van der Waals surface area contributed by atoms with Crippen LogP contribution in [-0.4, -0.2) is 13.1 Å². The number of hydrogen-bond donors (Lipinski definition) is 0. The molecular formula is C14H19N. The minimum atomic E-state index is 0.854. The van der Waals surface area contributed by atoms with Crippen molar-refractivity contribution in [3.8, 4) is 0 Å². The first-order valence-corrected chi connectivity index (χ1v) is 6.19. The van der Waals surface area contributed by atoms with Gasteiger partial charge in [0.15, 0.2) is 0 Å². The molecule has 1 saturated heterocycles. The van der Waals surface area contributed by atoms with Gasteiger partial charge in [-0.3, -0.25) is 0 Å². The first-order chi connectivity index (χ1) is 7.34. The summed E-state index contributed by atoms with van der Waals surface area (Å²) in [7, 11) is 0. The zero-order valence-corrected chi connectivity index (χ0v) is 9.45. The molecule has 2 atom stereocenters. The van der Waals surface area contributed by atoms with E-state index in [1.54, 1.807) is 5.56 Å². The van der Waals surface area contributed by atoms with Crippen LogP contribution in [0.2, 0.25) is 0 Å². The van der Waals surface area contributed by atoms with Crippen molar-refractivity contribution in [3.05, 3.63) is 29.8 Å². The van der Waals surface area contributed by atoms with Gasteiger partial charge < -0.3 is 4.90 Å². The van der Waals surface area contributed by atoms with Crippen molar-refractivity contribution in [3.63, 3.8) is 0 Å². The summed E-state index contributed by atoms with van der Waals surface area (Å²) in [6.45, 7) is 4.86. The van der Waals surface area contributed by atoms with Crippen LogP contribution in [0.25, 0.3) is 0 Å². The fraction of sp³-hybridized carbons (Fsp3) is 0.571. The van der Waals surface area contributed by atoms with Gasteiger partial charge in [-0.05, 0) is 48.8 Å². The van der Waals surface area contributed by atoms with Gasteiger partial charge in [-0.15, -0.1) is 0 Å². The Labute approximate surface area is 92.1 Å². The van der Waals surface area contributed by atoms with Crippen LogP contribution in [0.3, 0.4) is 0 Å². The van der Waals surface area contributed by atoms with Crippen LogP contribution in [-0.2, 0) is 0 Å². The topological polar surface area (TPSA) is 3.24 Å². The van der Waals surface area contributed by atoms with Crippen molar-refractivity contribution in [2.75, 3.05) is 18.0 Å². The monoisotopic (exact) mass is 201 g/mol. The average molecular weight is 201 g/mol. The lowest BCUT2D eigenvalue weighted by atomic mass is 10.1. The number of anilines is 1. The summed E-state index contributed by atoms with van der Waals surface area (Å²) in [5.74, 6) is 1.77. The Morgan fingerprint density at radius 3 is 2.60 bits per heavy atom. The van der Waals surface area contributed by atoms with Crippen molar-refractivity contribution in [2.45, 2.75) is 32.1 Å². The van der Waals surface area contributed by atoms with E-state index in [4.69, 9.17) is 0 Å². The fourth-order valence-corrected chi connectivity index (χ4v) is 2.71. The van der Waals surface area contributed by atoms with E-state index in [-0.39, 0.29) is 0 Å². The standard InChI is InChI=1S/C14H19N/c1-11-9-14(11)12-5-4-6-13(10-12)15-7-2-3-8-15/h4-6,10-11,14H,2-3,7-9H2,1H3. The zero-order chi connectivity index (χ0) is 10.3. The lowest BCUT2D eigenvalue weighted by Gasteiger charge is -2.18. The number of hydrogen-bond acceptors (Lipinski definition) is 1. The molecule has 2 aliphatic rings. The highest BCUT2D eigenvalue weighted by Crippen LogP contribution is 2.47. The SMILES string of the molecule is CC1CC1c1cccc(N2CCCC2)c1. The maximum atomic E-state index is 2.52. The zero-order valence-electron chi connectivity index (χ0n) is 9.45. The molecule has 0 N–H and O–H groups in total. The third kappa shape index (κ3) is 1.75. The fourth-order valence-electron chi connectivity index (χ4n) is 2.71. The summed E-state index contributed by atoms with van der Waals surface area (Å²) < 4.78 is 0. The molecule has 1 heteroatoms. The predicted octanol–water partition coefficient (Wildman–Crippen LogP) is 3.41. The van der Waals surface area contributed by atoms with Crippen molar-refractivity contribution >= 4 is 5.69 Å². The highest BCUT2D eigenvalue weighted by molar-refractivity contribution is 5.50. The van der Waals surface area contributed by atoms with Crippen LogP contribution >= 0.6 is 0 Å². The van der Waals surface area contributed by atoms with Crippen LogP contribution in [0.5, 0.6) is 0 Å². The molecule has 0 radical (unpaired) electrons. The second kappa shape index (κ2) is 3.55. The molecule has 1 heterocycles. The molecule has 1 aliphatic heterocycles. The molecule has 0 bridgehead atoms. The normalized spacial score (nSPS) is 29.5. The van der Waals surface area contributed by atoms with Gasteiger partial charge in [-0.1, -0.05) is 19.1 Å². The van der Waals surface area contributed by atoms with Gasteiger partial charge in [0.25, 0.3) is 0 Å². The van der Waals surface area contributed by atoms with Gasteiger partial charge in [0.1, 0.15) is 0 Å². The molecule has 80 valence electrons. The van der Waals surface area contributed by atoms with E-state index in [1.807, 2.05) is 0 Å². The Morgan fingerprint density at radius 2 is 1.93 bits per heavy atom. The van der Waals surface area contributed by atoms with Gasteiger partial charge in [-0.25, -0.2) is 0 Å². The second-order valence-corrected chi connectivity index (χ2v) is 5.11. The molecule has 2 unspecified atom stereocenters. The molecule has 1 saturated carbocycles. The van der Waals surface area contributed by atoms with E-state index in [2.05, 4.69) is 36.1 Å². The van der Waals surface area contributed by atoms with E-state index in [0.29, 0.717) is 0 Å². The largest absolute Gasteiger partial charge is 0.372 e. The Bertz CT molecular complexity index is 352. The molecule has 0 amide bonds. The molecule has 1 nitrogen and oxygen atoms in total. The number of rotatable bonds is 2. The van der Waals surface area contributed by atoms with E-state index < -0.39 is 0 Å². The van der Waals surface area contributed by atoms with Crippen molar-refractivity contribution in [2.24, 2.45) is 5.92 Å². The van der Waals surface area contributed by atoms with Crippen molar-refractivity contribution < 1.29 is 0 Å². The maximum absolute atomic E-state index is 2.52. The van der Waals surface area contributed by atoms with Gasteiger partial charge in [0.2, 0.25) is 0 Å². The molecule has 0 aromatic heterocycles. The molecule has 15 heavy (non-hydrogen) atoms. The van der Waals surface area contributed by atoms with Gasteiger partial charge in [0, 0.05) is 18.8 Å². The summed E-state index contributed by atoms with van der Waals surface area (Å²) in [5, 5.41) is 0. The Morgan fingerprint density at radius 1 is 1.20 bits per heavy atom. The second-order valence-electron chi connectivity index (χ2n) is 5.11. The molecule has 3 rings (SSSR count). The molecule has 1 aromatic rings. The van der Waals surface area contributed by atoms with Crippen LogP contribution in [0.4, 0.5) is 5.69 Å². The Balaban J connectivity index is 1.82. The van der Waals surface area contributed by atoms with E-state index in [9.17, 15) is 0 Å². The van der Waals surface area contributed by atoms with Gasteiger partial charge in [-0.2, -0.15) is 0 Å². The van der Waals surface area contributed by atoms with Crippen LogP contribution in [0.15, 0.2) is 24.3 Å². The Hall–Kier alpha value is -0.980. The molecule has 2 fully saturated rings. The first-order valence-electron chi connectivity index (χ1n) is 6.19. The van der Waals surface area contributed by atoms with Crippen molar-refractivity contribution in [1.29, 1.82) is 0 Å². The average Bonchev–Trinajstić information content (AvgIpc) is 2.81. The summed E-state index contributed by atoms with van der Waals surface area (Å²) >= 11 is 0. The highest BCUT2D eigenvalue weighted by atomic mass is 15.1. The predicted molar refractivity (Wildman–Crippen MR) is 64.4 cm³/mol. The molecular weight excluding hydrogens is 182 g/mol. The Kier molecular flexibility index (Phi) is 2.19. The van der Waals surface area contributed by atoms with Crippen molar-refractivity contribution in [1.82, 2.24) is 0 Å². The highest BCUT2D eigenvalue weighted by Gasteiger charge is 2.34. The third-order valence-electron chi connectivity index (χ3n) is 3.88. The third-order valence-corrected chi connectivity index (χ3v) is 3.88. The van der Waals surface area contributed by atoms with E-state index in [1.165, 1.54) is 38.0 Å². The van der Waals surface area contributed by atoms with Crippen LogP contribution < -0.4 is 4.90 Å². The lowest BCUT2D eigenvalue weighted by molar-refractivity contribution is 0.909. The summed E-state index contributed by atoms with van der Waals surface area (Å²) in [6.07, 6.45) is 4.12. The number of nitrogens with zero attached hydrogens (tertiary/aromatic N) is 1. The summed E-state index contributed by atoms with van der Waals surface area (Å²) in [4.78, 5) is 2.52. The summed E-state index contributed by atoms with van der Waals surface area (Å²) in [5.41, 5.74) is 3.01. The van der Waals surface area contributed by atoms with E-state index >= 15 is 0 Å². The summed E-state index contributed by atoms with van der Waals surface area (Å²) in [6, 6.07) is 9.21. The van der Waals surface area contributed by atoms with Crippen LogP contribution in [0.1, 0.15) is 37.7 Å². The van der Waals surface area contributed by atoms with E-state index in [0.717, 1.165) is 11.8 Å². The molecule has 0 spiro atoms. The number of benzene rings is 1. The lowest BCUT2D eigenvalue weighted by Crippen LogP contribution is -2.17. The molecule has 1 aliphatic carbocycles. The molecule has 1 aromatic carbocycles. The van der Waals surface area contributed by atoms with Gasteiger partial charge >= 0.3 is 0 Å². The minimum Gasteiger partial charge on any atom is -0.372 e.